The molecule has 0 unspecified atom stereocenters. The largest absolute Gasteiger partial charge is 0.382 e. The summed E-state index contributed by atoms with van der Waals surface area (Å²) in [4.78, 5) is 21.2. The minimum Gasteiger partial charge on any atom is -0.382 e. The van der Waals surface area contributed by atoms with Gasteiger partial charge in [0.15, 0.2) is 5.13 Å². The van der Waals surface area contributed by atoms with Crippen molar-refractivity contribution in [3.8, 4) is 0 Å². The predicted molar refractivity (Wildman–Crippen MR) is 83.4 cm³/mol. The van der Waals surface area contributed by atoms with Gasteiger partial charge in [0.1, 0.15) is 10.7 Å². The Labute approximate surface area is 123 Å². The first-order valence-electron chi connectivity index (χ1n) is 6.79. The van der Waals surface area contributed by atoms with Gasteiger partial charge in [-0.05, 0) is 6.92 Å². The molecule has 0 spiro atoms. The van der Waals surface area contributed by atoms with E-state index in [1.54, 1.807) is 11.0 Å². The van der Waals surface area contributed by atoms with Crippen molar-refractivity contribution in [2.24, 2.45) is 0 Å². The highest BCUT2D eigenvalue weighted by molar-refractivity contribution is 7.18. The maximum Gasteiger partial charge on any atom is 0.268 e. The third kappa shape index (κ3) is 3.10. The summed E-state index contributed by atoms with van der Waals surface area (Å²) in [5.41, 5.74) is 5.92. The van der Waals surface area contributed by atoms with Gasteiger partial charge in [-0.3, -0.25) is 4.79 Å². The molecule has 110 valence electrons. The molecule has 7 heteroatoms. The second-order valence-electron chi connectivity index (χ2n) is 4.58. The van der Waals surface area contributed by atoms with Gasteiger partial charge in [-0.25, -0.2) is 4.98 Å². The van der Waals surface area contributed by atoms with E-state index in [1.165, 1.54) is 11.3 Å². The van der Waals surface area contributed by atoms with Crippen LogP contribution >= 0.6 is 11.3 Å². The fourth-order valence-electron chi connectivity index (χ4n) is 2.12. The number of nitrogen functional groups attached to an aromatic ring is 1. The predicted octanol–water partition coefficient (Wildman–Crippen LogP) is 0.783. The Morgan fingerprint density at radius 2 is 2.30 bits per heavy atom. The normalized spacial score (nSPS) is 15.2. The topological polar surface area (TPSA) is 74.5 Å². The molecule has 1 amide bonds. The average Bonchev–Trinajstić information content (AvgIpc) is 2.87. The highest BCUT2D eigenvalue weighted by Crippen LogP contribution is 2.29. The van der Waals surface area contributed by atoms with Gasteiger partial charge in [0.25, 0.3) is 5.91 Å². The molecule has 1 saturated heterocycles. The molecule has 3 N–H and O–H groups in total. The van der Waals surface area contributed by atoms with E-state index in [4.69, 9.17) is 5.73 Å². The number of hydrogen-bond donors (Lipinski definition) is 2. The molecule has 6 nitrogen and oxygen atoms in total. The van der Waals surface area contributed by atoms with Crippen LogP contribution in [-0.2, 0) is 0 Å². The zero-order valence-electron chi connectivity index (χ0n) is 11.8. The number of nitrogens with zero attached hydrogens (tertiary/aromatic N) is 3. The van der Waals surface area contributed by atoms with Crippen LogP contribution in [0.1, 0.15) is 16.6 Å². The lowest BCUT2D eigenvalue weighted by Crippen LogP contribution is -2.43. The fraction of sp³-hybridized carbons (Fsp3) is 0.538. The van der Waals surface area contributed by atoms with E-state index >= 15 is 0 Å². The van der Waals surface area contributed by atoms with Crippen molar-refractivity contribution < 1.29 is 4.79 Å². The molecule has 2 heterocycles. The van der Waals surface area contributed by atoms with Gasteiger partial charge in [0.2, 0.25) is 0 Å². The minimum atomic E-state index is -0.0659. The van der Waals surface area contributed by atoms with E-state index in [2.05, 4.69) is 21.8 Å². The summed E-state index contributed by atoms with van der Waals surface area (Å²) in [7, 11) is 0. The van der Waals surface area contributed by atoms with E-state index in [0.29, 0.717) is 23.8 Å². The second kappa shape index (κ2) is 6.71. The Balaban J connectivity index is 2.17. The summed E-state index contributed by atoms with van der Waals surface area (Å²) < 4.78 is 0. The van der Waals surface area contributed by atoms with Crippen molar-refractivity contribution in [2.75, 3.05) is 49.9 Å². The maximum atomic E-state index is 12.4. The standard InChI is InChI=1S/C13H21N5OS/c1-3-7-17(4-2)12(19)10-11(14)16-13(20-10)18-8-5-15-6-9-18/h3,15H,1,4-9,14H2,2H3. The first-order chi connectivity index (χ1) is 9.67. The lowest BCUT2D eigenvalue weighted by molar-refractivity contribution is 0.0787. The summed E-state index contributed by atoms with van der Waals surface area (Å²) in [5.74, 6) is 0.264. The number of anilines is 2. The minimum absolute atomic E-state index is 0.0659. The van der Waals surface area contributed by atoms with Crippen molar-refractivity contribution in [3.63, 3.8) is 0 Å². The van der Waals surface area contributed by atoms with E-state index in [0.717, 1.165) is 31.3 Å². The first-order valence-corrected chi connectivity index (χ1v) is 7.61. The van der Waals surface area contributed by atoms with Crippen LogP contribution in [0.15, 0.2) is 12.7 Å². The number of hydrogen-bond acceptors (Lipinski definition) is 6. The van der Waals surface area contributed by atoms with Crippen molar-refractivity contribution in [3.05, 3.63) is 17.5 Å². The SMILES string of the molecule is C=CCN(CC)C(=O)c1sc(N2CCNCC2)nc1N. The number of thiazole rings is 1. The molecule has 0 bridgehead atoms. The van der Waals surface area contributed by atoms with Gasteiger partial charge in [0, 0.05) is 39.3 Å². The van der Waals surface area contributed by atoms with Gasteiger partial charge in [0.05, 0.1) is 0 Å². The summed E-state index contributed by atoms with van der Waals surface area (Å²) in [6, 6.07) is 0. The van der Waals surface area contributed by atoms with E-state index in [9.17, 15) is 4.79 Å². The third-order valence-electron chi connectivity index (χ3n) is 3.24. The van der Waals surface area contributed by atoms with Crippen molar-refractivity contribution in [1.82, 2.24) is 15.2 Å². The molecule has 2 rings (SSSR count). The second-order valence-corrected chi connectivity index (χ2v) is 5.56. The monoisotopic (exact) mass is 295 g/mol. The Morgan fingerprint density at radius 3 is 2.90 bits per heavy atom. The van der Waals surface area contributed by atoms with Crippen LogP contribution in [0.5, 0.6) is 0 Å². The summed E-state index contributed by atoms with van der Waals surface area (Å²) in [5, 5.41) is 4.13. The van der Waals surface area contributed by atoms with E-state index < -0.39 is 0 Å². The molecule has 1 aromatic heterocycles. The van der Waals surface area contributed by atoms with Crippen molar-refractivity contribution in [1.29, 1.82) is 0 Å². The number of nitrogens with two attached hydrogens (primary N) is 1. The van der Waals surface area contributed by atoms with Crippen LogP contribution in [0, 0.1) is 0 Å². The van der Waals surface area contributed by atoms with E-state index in [-0.39, 0.29) is 5.91 Å². The fourth-order valence-corrected chi connectivity index (χ4v) is 3.12. The summed E-state index contributed by atoms with van der Waals surface area (Å²) in [6.07, 6.45) is 1.72. The van der Waals surface area contributed by atoms with Gasteiger partial charge in [-0.1, -0.05) is 17.4 Å². The number of aromatic nitrogens is 1. The van der Waals surface area contributed by atoms with Gasteiger partial charge in [-0.15, -0.1) is 6.58 Å². The molecule has 1 aliphatic heterocycles. The molecule has 0 aromatic carbocycles. The molecule has 0 aliphatic carbocycles. The Kier molecular flexibility index (Phi) is 4.97. The molecular formula is C13H21N5OS. The Bertz CT molecular complexity index is 481. The first kappa shape index (κ1) is 14.8. The highest BCUT2D eigenvalue weighted by Gasteiger charge is 2.23. The number of carbonyl (C=O) groups excluding carboxylic acids is 1. The van der Waals surface area contributed by atoms with Crippen molar-refractivity contribution >= 4 is 28.2 Å². The van der Waals surface area contributed by atoms with Gasteiger partial charge in [-0.2, -0.15) is 0 Å². The molecule has 1 fully saturated rings. The van der Waals surface area contributed by atoms with Crippen LogP contribution < -0.4 is 16.0 Å². The zero-order chi connectivity index (χ0) is 14.5. The van der Waals surface area contributed by atoms with Crippen LogP contribution in [0.4, 0.5) is 10.9 Å². The lowest BCUT2D eigenvalue weighted by Gasteiger charge is -2.26. The number of likely N-dealkylation sites (N-methyl/N-ethyl adjacent to an activating group) is 1. The maximum absolute atomic E-state index is 12.4. The Hall–Kier alpha value is -1.60. The van der Waals surface area contributed by atoms with Gasteiger partial charge < -0.3 is 20.9 Å². The van der Waals surface area contributed by atoms with Crippen molar-refractivity contribution in [2.45, 2.75) is 6.92 Å². The highest BCUT2D eigenvalue weighted by atomic mass is 32.1. The third-order valence-corrected chi connectivity index (χ3v) is 4.36. The number of carbonyl (C=O) groups is 1. The number of nitrogens with one attached hydrogen (secondary N) is 1. The van der Waals surface area contributed by atoms with Crippen LogP contribution in [0.3, 0.4) is 0 Å². The lowest BCUT2D eigenvalue weighted by atomic mass is 10.4. The molecule has 1 aromatic rings. The molecule has 0 atom stereocenters. The number of amides is 1. The zero-order valence-corrected chi connectivity index (χ0v) is 12.6. The van der Waals surface area contributed by atoms with E-state index in [1.807, 2.05) is 6.92 Å². The molecule has 0 radical (unpaired) electrons. The quantitative estimate of drug-likeness (QED) is 0.785. The van der Waals surface area contributed by atoms with Crippen LogP contribution in [0.25, 0.3) is 0 Å². The number of rotatable bonds is 5. The summed E-state index contributed by atoms with van der Waals surface area (Å²) >= 11 is 1.38. The number of piperazine rings is 1. The molecule has 0 saturated carbocycles. The summed E-state index contributed by atoms with van der Waals surface area (Å²) in [6.45, 7) is 10.4. The molecule has 20 heavy (non-hydrogen) atoms. The molecule has 1 aliphatic rings. The smallest absolute Gasteiger partial charge is 0.268 e. The van der Waals surface area contributed by atoms with Crippen LogP contribution in [0.2, 0.25) is 0 Å². The van der Waals surface area contributed by atoms with Gasteiger partial charge >= 0.3 is 0 Å². The van der Waals surface area contributed by atoms with Crippen LogP contribution in [-0.4, -0.2) is 55.1 Å². The Morgan fingerprint density at radius 1 is 1.60 bits per heavy atom. The molecular weight excluding hydrogens is 274 g/mol. The average molecular weight is 295 g/mol.